The van der Waals surface area contributed by atoms with Gasteiger partial charge in [-0.15, -0.1) is 0 Å². The molecule has 0 saturated carbocycles. The molecule has 0 aliphatic rings. The quantitative estimate of drug-likeness (QED) is 0.166. The number of rotatable bonds is 21. The molecule has 0 aliphatic heterocycles. The molecular weight excluding hydrogens is 344 g/mol. The van der Waals surface area contributed by atoms with Gasteiger partial charge >= 0.3 is 0 Å². The zero-order chi connectivity index (χ0) is 20.9. The summed E-state index contributed by atoms with van der Waals surface area (Å²) in [4.78, 5) is 12.0. The SMILES string of the molecule is CCCCCCCCCCCCCC(=O)NCCC[N+](CC)(CCC)CCC. The van der Waals surface area contributed by atoms with Crippen LogP contribution in [0.25, 0.3) is 0 Å². The van der Waals surface area contributed by atoms with E-state index in [1.807, 2.05) is 0 Å². The van der Waals surface area contributed by atoms with Gasteiger partial charge in [0.15, 0.2) is 0 Å². The molecule has 3 heteroatoms. The molecule has 0 aromatic heterocycles. The van der Waals surface area contributed by atoms with Gasteiger partial charge in [0.05, 0.1) is 26.2 Å². The van der Waals surface area contributed by atoms with E-state index in [1.54, 1.807) is 0 Å². The summed E-state index contributed by atoms with van der Waals surface area (Å²) in [5.74, 6) is 0.261. The maximum atomic E-state index is 12.0. The molecule has 3 nitrogen and oxygen atoms in total. The number of amides is 1. The van der Waals surface area contributed by atoms with Crippen molar-refractivity contribution >= 4 is 5.91 Å². The van der Waals surface area contributed by atoms with Gasteiger partial charge in [-0.25, -0.2) is 0 Å². The van der Waals surface area contributed by atoms with E-state index in [2.05, 4.69) is 33.0 Å². The third kappa shape index (κ3) is 15.4. The van der Waals surface area contributed by atoms with Crippen molar-refractivity contribution in [2.75, 3.05) is 32.7 Å². The van der Waals surface area contributed by atoms with Gasteiger partial charge < -0.3 is 9.80 Å². The first-order chi connectivity index (χ1) is 13.6. The molecule has 0 spiro atoms. The van der Waals surface area contributed by atoms with Crippen molar-refractivity contribution in [1.29, 1.82) is 0 Å². The van der Waals surface area contributed by atoms with Gasteiger partial charge in [0.25, 0.3) is 0 Å². The Kier molecular flexibility index (Phi) is 19.3. The Bertz CT molecular complexity index is 337. The summed E-state index contributed by atoms with van der Waals surface area (Å²) >= 11 is 0. The third-order valence-corrected chi connectivity index (χ3v) is 6.21. The van der Waals surface area contributed by atoms with Crippen LogP contribution in [0.1, 0.15) is 124 Å². The smallest absolute Gasteiger partial charge is 0.219 e. The highest BCUT2D eigenvalue weighted by atomic mass is 16.1. The lowest BCUT2D eigenvalue weighted by atomic mass is 10.1. The van der Waals surface area contributed by atoms with Gasteiger partial charge in [-0.1, -0.05) is 85.0 Å². The van der Waals surface area contributed by atoms with E-state index in [0.717, 1.165) is 19.4 Å². The molecule has 0 bridgehead atoms. The largest absolute Gasteiger partial charge is 0.356 e. The lowest BCUT2D eigenvalue weighted by Crippen LogP contribution is -2.50. The van der Waals surface area contributed by atoms with Gasteiger partial charge in [-0.2, -0.15) is 0 Å². The molecule has 0 atom stereocenters. The molecule has 0 rings (SSSR count). The summed E-state index contributed by atoms with van der Waals surface area (Å²) in [6, 6.07) is 0. The molecule has 0 aliphatic carbocycles. The molecule has 0 aromatic carbocycles. The Labute approximate surface area is 177 Å². The van der Waals surface area contributed by atoms with Crippen molar-refractivity contribution < 1.29 is 9.28 Å². The highest BCUT2D eigenvalue weighted by Crippen LogP contribution is 2.12. The summed E-state index contributed by atoms with van der Waals surface area (Å²) in [6.07, 6.45) is 19.0. The van der Waals surface area contributed by atoms with E-state index in [9.17, 15) is 4.79 Å². The predicted molar refractivity (Wildman–Crippen MR) is 125 cm³/mol. The minimum Gasteiger partial charge on any atom is -0.356 e. The second kappa shape index (κ2) is 19.7. The average molecular weight is 398 g/mol. The first-order valence-electron chi connectivity index (χ1n) is 12.8. The fourth-order valence-electron chi connectivity index (χ4n) is 4.44. The van der Waals surface area contributed by atoms with Crippen LogP contribution < -0.4 is 5.32 Å². The number of carbonyl (C=O) groups excluding carboxylic acids is 1. The van der Waals surface area contributed by atoms with E-state index >= 15 is 0 Å². The van der Waals surface area contributed by atoms with Gasteiger partial charge in [0.1, 0.15) is 0 Å². The minimum absolute atomic E-state index is 0.261. The highest BCUT2D eigenvalue weighted by Gasteiger charge is 2.22. The number of nitrogens with zero attached hydrogens (tertiary/aromatic N) is 1. The molecule has 0 unspecified atom stereocenters. The zero-order valence-corrected chi connectivity index (χ0v) is 20.0. The first-order valence-corrected chi connectivity index (χ1v) is 12.8. The van der Waals surface area contributed by atoms with Crippen LogP contribution in [0, 0.1) is 0 Å². The molecule has 0 fully saturated rings. The van der Waals surface area contributed by atoms with Crippen LogP contribution in [0.5, 0.6) is 0 Å². The van der Waals surface area contributed by atoms with Crippen molar-refractivity contribution in [3.63, 3.8) is 0 Å². The van der Waals surface area contributed by atoms with Gasteiger partial charge in [-0.3, -0.25) is 4.79 Å². The standard InChI is InChI=1S/C25H52N2O/c1-5-9-10-11-12-13-14-15-16-17-18-20-25(28)26-21-19-24-27(8-4,22-6-2)23-7-3/h5-24H2,1-4H3/p+1. The molecule has 1 N–H and O–H groups in total. The second-order valence-corrected chi connectivity index (χ2v) is 8.82. The summed E-state index contributed by atoms with van der Waals surface area (Å²) in [7, 11) is 0. The molecule has 0 radical (unpaired) electrons. The number of nitrogens with one attached hydrogen (secondary N) is 1. The Balaban J connectivity index is 3.57. The third-order valence-electron chi connectivity index (χ3n) is 6.21. The summed E-state index contributed by atoms with van der Waals surface area (Å²) in [5.41, 5.74) is 0. The summed E-state index contributed by atoms with van der Waals surface area (Å²) in [5, 5.41) is 3.15. The maximum Gasteiger partial charge on any atom is 0.219 e. The Morgan fingerprint density at radius 3 is 1.57 bits per heavy atom. The summed E-state index contributed by atoms with van der Waals surface area (Å²) < 4.78 is 1.22. The zero-order valence-electron chi connectivity index (χ0n) is 20.0. The maximum absolute atomic E-state index is 12.0. The van der Waals surface area contributed by atoms with E-state index < -0.39 is 0 Å². The van der Waals surface area contributed by atoms with Crippen LogP contribution in [0.3, 0.4) is 0 Å². The van der Waals surface area contributed by atoms with E-state index in [-0.39, 0.29) is 5.91 Å². The predicted octanol–water partition coefficient (Wildman–Crippen LogP) is 6.85. The number of hydrogen-bond acceptors (Lipinski definition) is 1. The molecule has 1 amide bonds. The minimum atomic E-state index is 0.261. The van der Waals surface area contributed by atoms with E-state index in [4.69, 9.17) is 0 Å². The van der Waals surface area contributed by atoms with Crippen molar-refractivity contribution in [1.82, 2.24) is 5.32 Å². The molecule has 0 heterocycles. The van der Waals surface area contributed by atoms with Crippen molar-refractivity contribution in [2.45, 2.75) is 124 Å². The fourth-order valence-corrected chi connectivity index (χ4v) is 4.44. The fraction of sp³-hybridized carbons (Fsp3) is 0.960. The summed E-state index contributed by atoms with van der Waals surface area (Å²) in [6.45, 7) is 15.0. The van der Waals surface area contributed by atoms with Gasteiger partial charge in [-0.05, 0) is 26.2 Å². The van der Waals surface area contributed by atoms with E-state index in [0.29, 0.717) is 6.42 Å². The van der Waals surface area contributed by atoms with Gasteiger partial charge in [0, 0.05) is 19.4 Å². The topological polar surface area (TPSA) is 29.1 Å². The molecule has 0 aromatic rings. The lowest BCUT2D eigenvalue weighted by Gasteiger charge is -2.37. The lowest BCUT2D eigenvalue weighted by molar-refractivity contribution is -0.926. The Hall–Kier alpha value is -0.570. The van der Waals surface area contributed by atoms with Crippen LogP contribution >= 0.6 is 0 Å². The van der Waals surface area contributed by atoms with Crippen molar-refractivity contribution in [2.24, 2.45) is 0 Å². The van der Waals surface area contributed by atoms with Gasteiger partial charge in [0.2, 0.25) is 5.91 Å². The van der Waals surface area contributed by atoms with Crippen LogP contribution in [-0.2, 0) is 4.79 Å². The molecule has 28 heavy (non-hydrogen) atoms. The number of quaternary nitrogens is 1. The molecule has 0 saturated heterocycles. The Morgan fingerprint density at radius 1 is 0.607 bits per heavy atom. The van der Waals surface area contributed by atoms with Crippen molar-refractivity contribution in [3.05, 3.63) is 0 Å². The monoisotopic (exact) mass is 397 g/mol. The number of hydrogen-bond donors (Lipinski definition) is 1. The highest BCUT2D eigenvalue weighted by molar-refractivity contribution is 5.75. The number of carbonyl (C=O) groups is 1. The normalized spacial score (nSPS) is 11.7. The molecule has 168 valence electrons. The first kappa shape index (κ1) is 27.4. The Morgan fingerprint density at radius 2 is 1.11 bits per heavy atom. The van der Waals surface area contributed by atoms with Crippen LogP contribution in [0.4, 0.5) is 0 Å². The van der Waals surface area contributed by atoms with Crippen LogP contribution in [0.15, 0.2) is 0 Å². The van der Waals surface area contributed by atoms with Crippen LogP contribution in [-0.4, -0.2) is 43.1 Å². The average Bonchev–Trinajstić information content (AvgIpc) is 2.69. The number of unbranched alkanes of at least 4 members (excludes halogenated alkanes) is 10. The second-order valence-electron chi connectivity index (χ2n) is 8.82. The van der Waals surface area contributed by atoms with Crippen LogP contribution in [0.2, 0.25) is 0 Å². The molecular formula is C25H53N2O+. The van der Waals surface area contributed by atoms with E-state index in [1.165, 1.54) is 108 Å². The van der Waals surface area contributed by atoms with Crippen molar-refractivity contribution in [3.8, 4) is 0 Å².